The average molecular weight is 150 g/mol. The highest BCUT2D eigenvalue weighted by Gasteiger charge is 2.18. The predicted octanol–water partition coefficient (Wildman–Crippen LogP) is 0.268. The smallest absolute Gasteiger partial charge is 0.343 e. The van der Waals surface area contributed by atoms with E-state index in [0.29, 0.717) is 0 Å². The number of aliphatic hydroxyl groups excluding tert-OH is 1. The normalized spacial score (nSPS) is 13.3. The first-order valence-electron chi connectivity index (χ1n) is 3.03. The molecule has 1 N–H and O–H groups in total. The summed E-state index contributed by atoms with van der Waals surface area (Å²) in [6.45, 7) is 2.41. The van der Waals surface area contributed by atoms with Gasteiger partial charge in [-0.2, -0.15) is 0 Å². The highest BCUT2D eigenvalue weighted by molar-refractivity contribution is 5.74. The summed E-state index contributed by atoms with van der Waals surface area (Å²) in [5.74, 6) is -1.00. The molecule has 0 saturated carbocycles. The lowest BCUT2D eigenvalue weighted by molar-refractivity contribution is -0.154. The Morgan fingerprint density at radius 1 is 1.70 bits per heavy atom. The van der Waals surface area contributed by atoms with Crippen molar-refractivity contribution in [1.29, 1.82) is 0 Å². The molecule has 0 aliphatic heterocycles. The molecule has 1 unspecified atom stereocenters. The van der Waals surface area contributed by atoms with Gasteiger partial charge in [-0.25, -0.2) is 9.18 Å². The lowest BCUT2D eigenvalue weighted by Crippen LogP contribution is -2.25. The van der Waals surface area contributed by atoms with Crippen LogP contribution in [0.5, 0.6) is 0 Å². The zero-order chi connectivity index (χ0) is 8.15. The predicted molar refractivity (Wildman–Crippen MR) is 33.2 cm³/mol. The first-order chi connectivity index (χ1) is 4.57. The number of hydrogen-bond acceptors (Lipinski definition) is 3. The number of rotatable bonds is 3. The van der Waals surface area contributed by atoms with Gasteiger partial charge < -0.3 is 9.84 Å². The van der Waals surface area contributed by atoms with Crippen LogP contribution < -0.4 is 0 Å². The summed E-state index contributed by atoms with van der Waals surface area (Å²) >= 11 is 0. The molecule has 4 heteroatoms. The number of carbonyl (C=O) groups is 1. The lowest BCUT2D eigenvalue weighted by atomic mass is 10.4. The van der Waals surface area contributed by atoms with E-state index < -0.39 is 18.7 Å². The standard InChI is InChI=1S/C6H11FO3/c1-4(2)10-6(9)5(7)3-8/h4-5,8H,3H2,1-2H3. The fourth-order valence-electron chi connectivity index (χ4n) is 0.381. The van der Waals surface area contributed by atoms with Crippen molar-refractivity contribution >= 4 is 5.97 Å². The zero-order valence-electron chi connectivity index (χ0n) is 6.00. The monoisotopic (exact) mass is 150 g/mol. The van der Waals surface area contributed by atoms with E-state index in [0.717, 1.165) is 0 Å². The van der Waals surface area contributed by atoms with Gasteiger partial charge in [0, 0.05) is 0 Å². The molecule has 0 amide bonds. The van der Waals surface area contributed by atoms with E-state index >= 15 is 0 Å². The van der Waals surface area contributed by atoms with Crippen molar-refractivity contribution in [3.05, 3.63) is 0 Å². The van der Waals surface area contributed by atoms with Gasteiger partial charge in [0.1, 0.15) is 0 Å². The maximum Gasteiger partial charge on any atom is 0.343 e. The van der Waals surface area contributed by atoms with Gasteiger partial charge in [-0.15, -0.1) is 0 Å². The number of alkyl halides is 1. The molecule has 0 fully saturated rings. The third kappa shape index (κ3) is 3.40. The SMILES string of the molecule is CC(C)OC(=O)C(F)CO. The van der Waals surface area contributed by atoms with Gasteiger partial charge in [0.15, 0.2) is 0 Å². The Balaban J connectivity index is 3.62. The molecule has 0 aromatic carbocycles. The molecule has 1 atom stereocenters. The molecule has 0 radical (unpaired) electrons. The van der Waals surface area contributed by atoms with Crippen LogP contribution in [-0.2, 0) is 9.53 Å². The van der Waals surface area contributed by atoms with E-state index in [1.54, 1.807) is 13.8 Å². The summed E-state index contributed by atoms with van der Waals surface area (Å²) in [6, 6.07) is 0. The minimum Gasteiger partial charge on any atom is -0.461 e. The topological polar surface area (TPSA) is 46.5 Å². The average Bonchev–Trinajstić information content (AvgIpc) is 1.85. The van der Waals surface area contributed by atoms with Gasteiger partial charge >= 0.3 is 5.97 Å². The van der Waals surface area contributed by atoms with Crippen molar-refractivity contribution in [1.82, 2.24) is 0 Å². The Labute approximate surface area is 58.8 Å². The number of hydrogen-bond donors (Lipinski definition) is 1. The molecule has 0 spiro atoms. The summed E-state index contributed by atoms with van der Waals surface area (Å²) in [5.41, 5.74) is 0. The quantitative estimate of drug-likeness (QED) is 0.587. The molecule has 0 rings (SSSR count). The Morgan fingerprint density at radius 3 is 2.50 bits per heavy atom. The van der Waals surface area contributed by atoms with Gasteiger partial charge in [0.2, 0.25) is 6.17 Å². The minimum atomic E-state index is -1.90. The van der Waals surface area contributed by atoms with Crippen LogP contribution in [0, 0.1) is 0 Å². The zero-order valence-corrected chi connectivity index (χ0v) is 6.00. The van der Waals surface area contributed by atoms with Gasteiger partial charge in [-0.1, -0.05) is 0 Å². The molecule has 0 heterocycles. The van der Waals surface area contributed by atoms with Crippen molar-refractivity contribution in [2.45, 2.75) is 26.1 Å². The minimum absolute atomic E-state index is 0.336. The van der Waals surface area contributed by atoms with E-state index in [9.17, 15) is 9.18 Å². The summed E-state index contributed by atoms with van der Waals surface area (Å²) in [4.78, 5) is 10.4. The number of carbonyl (C=O) groups excluding carboxylic acids is 1. The van der Waals surface area contributed by atoms with E-state index in [-0.39, 0.29) is 6.10 Å². The van der Waals surface area contributed by atoms with Crippen molar-refractivity contribution in [3.8, 4) is 0 Å². The van der Waals surface area contributed by atoms with Crippen LogP contribution in [0.1, 0.15) is 13.8 Å². The molecule has 60 valence electrons. The molecule has 0 aromatic heterocycles. The molecule has 0 bridgehead atoms. The Kier molecular flexibility index (Phi) is 3.95. The third-order valence-electron chi connectivity index (χ3n) is 0.768. The van der Waals surface area contributed by atoms with Crippen LogP contribution in [-0.4, -0.2) is 30.0 Å². The van der Waals surface area contributed by atoms with Crippen LogP contribution in [0.2, 0.25) is 0 Å². The molecule has 0 saturated heterocycles. The van der Waals surface area contributed by atoms with Gasteiger partial charge in [-0.3, -0.25) is 0 Å². The van der Waals surface area contributed by atoms with Crippen LogP contribution >= 0.6 is 0 Å². The van der Waals surface area contributed by atoms with E-state index in [2.05, 4.69) is 4.74 Å². The Hall–Kier alpha value is -0.640. The maximum absolute atomic E-state index is 12.2. The number of halogens is 1. The van der Waals surface area contributed by atoms with Crippen LogP contribution in [0.15, 0.2) is 0 Å². The fourth-order valence-corrected chi connectivity index (χ4v) is 0.381. The summed E-state index contributed by atoms with van der Waals surface area (Å²) in [5, 5.41) is 8.14. The second-order valence-electron chi connectivity index (χ2n) is 2.14. The molecule has 0 aromatic rings. The second-order valence-corrected chi connectivity index (χ2v) is 2.14. The summed E-state index contributed by atoms with van der Waals surface area (Å²) in [6.07, 6.45) is -2.24. The van der Waals surface area contributed by atoms with E-state index in [1.807, 2.05) is 0 Å². The van der Waals surface area contributed by atoms with Crippen molar-refractivity contribution < 1.29 is 19.0 Å². The van der Waals surface area contributed by atoms with Crippen molar-refractivity contribution in [3.63, 3.8) is 0 Å². The first kappa shape index (κ1) is 9.36. The molecule has 10 heavy (non-hydrogen) atoms. The number of aliphatic hydroxyl groups is 1. The van der Waals surface area contributed by atoms with E-state index in [4.69, 9.17) is 5.11 Å². The largest absolute Gasteiger partial charge is 0.461 e. The number of esters is 1. The lowest BCUT2D eigenvalue weighted by Gasteiger charge is -2.08. The van der Waals surface area contributed by atoms with Crippen LogP contribution in [0.4, 0.5) is 4.39 Å². The van der Waals surface area contributed by atoms with Gasteiger partial charge in [0.25, 0.3) is 0 Å². The third-order valence-corrected chi connectivity index (χ3v) is 0.768. The van der Waals surface area contributed by atoms with Gasteiger partial charge in [0.05, 0.1) is 12.7 Å². The van der Waals surface area contributed by atoms with Crippen LogP contribution in [0.25, 0.3) is 0 Å². The second kappa shape index (κ2) is 4.22. The first-order valence-corrected chi connectivity index (χ1v) is 3.03. The molecule has 0 aliphatic carbocycles. The molecular weight excluding hydrogens is 139 g/mol. The molecule has 0 aliphatic rings. The van der Waals surface area contributed by atoms with Gasteiger partial charge in [-0.05, 0) is 13.8 Å². The summed E-state index contributed by atoms with van der Waals surface area (Å²) < 4.78 is 16.6. The Morgan fingerprint density at radius 2 is 2.20 bits per heavy atom. The fraction of sp³-hybridized carbons (Fsp3) is 0.833. The molecular formula is C6H11FO3. The highest BCUT2D eigenvalue weighted by atomic mass is 19.1. The van der Waals surface area contributed by atoms with Crippen LogP contribution in [0.3, 0.4) is 0 Å². The maximum atomic E-state index is 12.2. The summed E-state index contributed by atoms with van der Waals surface area (Å²) in [7, 11) is 0. The number of ether oxygens (including phenoxy) is 1. The van der Waals surface area contributed by atoms with Crippen molar-refractivity contribution in [2.75, 3.05) is 6.61 Å². The Bertz CT molecular complexity index is 114. The van der Waals surface area contributed by atoms with E-state index in [1.165, 1.54) is 0 Å². The molecule has 3 nitrogen and oxygen atoms in total. The van der Waals surface area contributed by atoms with Crippen molar-refractivity contribution in [2.24, 2.45) is 0 Å². The highest BCUT2D eigenvalue weighted by Crippen LogP contribution is 1.96.